The van der Waals surface area contributed by atoms with E-state index in [1.54, 1.807) is 35.1 Å². The lowest BCUT2D eigenvalue weighted by molar-refractivity contribution is 0.102. The number of aromatic nitrogens is 2. The molecule has 0 radical (unpaired) electrons. The standard InChI is InChI=1S/C16H11BrClN3O/c17-14-4-2-1-3-13(14)16(22)19-15-9-10-21(20-15)12-7-5-11(18)6-8-12/h1-10H,(H,19,20,22). The number of hydrogen-bond donors (Lipinski definition) is 1. The van der Waals surface area contributed by atoms with E-state index >= 15 is 0 Å². The van der Waals surface area contributed by atoms with Gasteiger partial charge in [0.05, 0.1) is 11.3 Å². The molecule has 0 fully saturated rings. The second kappa shape index (κ2) is 6.34. The summed E-state index contributed by atoms with van der Waals surface area (Å²) in [6, 6.07) is 16.3. The maximum atomic E-state index is 12.2. The lowest BCUT2D eigenvalue weighted by Gasteiger charge is -2.04. The number of nitrogens with one attached hydrogen (secondary N) is 1. The Bertz CT molecular complexity index is 814. The Hall–Kier alpha value is -2.11. The lowest BCUT2D eigenvalue weighted by atomic mass is 10.2. The van der Waals surface area contributed by atoms with Crippen LogP contribution in [0.25, 0.3) is 5.69 Å². The van der Waals surface area contributed by atoms with Crippen molar-refractivity contribution >= 4 is 39.3 Å². The lowest BCUT2D eigenvalue weighted by Crippen LogP contribution is -2.13. The van der Waals surface area contributed by atoms with E-state index in [-0.39, 0.29) is 5.91 Å². The van der Waals surface area contributed by atoms with Crippen LogP contribution < -0.4 is 5.32 Å². The van der Waals surface area contributed by atoms with Crippen LogP contribution in [0.1, 0.15) is 10.4 Å². The summed E-state index contributed by atoms with van der Waals surface area (Å²) in [7, 11) is 0. The van der Waals surface area contributed by atoms with Crippen molar-refractivity contribution in [3.63, 3.8) is 0 Å². The Labute approximate surface area is 140 Å². The molecular weight excluding hydrogens is 366 g/mol. The second-order valence-corrected chi connectivity index (χ2v) is 5.85. The maximum absolute atomic E-state index is 12.2. The minimum absolute atomic E-state index is 0.214. The zero-order chi connectivity index (χ0) is 15.5. The van der Waals surface area contributed by atoms with Crippen molar-refractivity contribution in [2.45, 2.75) is 0 Å². The van der Waals surface area contributed by atoms with E-state index in [4.69, 9.17) is 11.6 Å². The first kappa shape index (κ1) is 14.8. The van der Waals surface area contributed by atoms with Crippen LogP contribution in [0.2, 0.25) is 5.02 Å². The topological polar surface area (TPSA) is 46.9 Å². The largest absolute Gasteiger partial charge is 0.305 e. The number of anilines is 1. The number of halogens is 2. The molecule has 110 valence electrons. The van der Waals surface area contributed by atoms with Crippen molar-refractivity contribution < 1.29 is 4.79 Å². The quantitative estimate of drug-likeness (QED) is 0.729. The van der Waals surface area contributed by atoms with E-state index in [0.717, 1.165) is 10.2 Å². The molecule has 3 aromatic rings. The van der Waals surface area contributed by atoms with Crippen molar-refractivity contribution in [1.82, 2.24) is 9.78 Å². The van der Waals surface area contributed by atoms with Gasteiger partial charge in [0.1, 0.15) is 0 Å². The number of hydrogen-bond acceptors (Lipinski definition) is 2. The maximum Gasteiger partial charge on any atom is 0.258 e. The van der Waals surface area contributed by atoms with E-state index in [2.05, 4.69) is 26.3 Å². The van der Waals surface area contributed by atoms with Crippen LogP contribution in [0, 0.1) is 0 Å². The molecular formula is C16H11BrClN3O. The monoisotopic (exact) mass is 375 g/mol. The Morgan fingerprint density at radius 3 is 2.55 bits per heavy atom. The fourth-order valence-electron chi connectivity index (χ4n) is 1.96. The van der Waals surface area contributed by atoms with Gasteiger partial charge in [-0.3, -0.25) is 4.79 Å². The van der Waals surface area contributed by atoms with Gasteiger partial charge in [0, 0.05) is 21.8 Å². The van der Waals surface area contributed by atoms with Gasteiger partial charge in [0.2, 0.25) is 0 Å². The third kappa shape index (κ3) is 3.21. The summed E-state index contributed by atoms with van der Waals surface area (Å²) in [5.74, 6) is 0.268. The Kier molecular flexibility index (Phi) is 4.27. The van der Waals surface area contributed by atoms with Crippen LogP contribution in [-0.2, 0) is 0 Å². The number of carbonyl (C=O) groups excluding carboxylic acids is 1. The van der Waals surface area contributed by atoms with Gasteiger partial charge in [-0.05, 0) is 52.3 Å². The zero-order valence-electron chi connectivity index (χ0n) is 11.3. The van der Waals surface area contributed by atoms with Gasteiger partial charge in [-0.25, -0.2) is 4.68 Å². The van der Waals surface area contributed by atoms with E-state index in [1.165, 1.54) is 0 Å². The average molecular weight is 377 g/mol. The molecule has 6 heteroatoms. The van der Waals surface area contributed by atoms with E-state index in [1.807, 2.05) is 30.3 Å². The predicted octanol–water partition coefficient (Wildman–Crippen LogP) is 4.54. The molecule has 0 unspecified atom stereocenters. The summed E-state index contributed by atoms with van der Waals surface area (Å²) < 4.78 is 2.41. The van der Waals surface area contributed by atoms with Crippen LogP contribution >= 0.6 is 27.5 Å². The second-order valence-electron chi connectivity index (χ2n) is 4.56. The van der Waals surface area contributed by atoms with E-state index < -0.39 is 0 Å². The highest BCUT2D eigenvalue weighted by Crippen LogP contribution is 2.18. The zero-order valence-corrected chi connectivity index (χ0v) is 13.7. The molecule has 2 aromatic carbocycles. The van der Waals surface area contributed by atoms with Gasteiger partial charge >= 0.3 is 0 Å². The fourth-order valence-corrected chi connectivity index (χ4v) is 2.55. The molecule has 1 aromatic heterocycles. The van der Waals surface area contributed by atoms with Crippen LogP contribution in [0.5, 0.6) is 0 Å². The number of amides is 1. The van der Waals surface area contributed by atoms with Gasteiger partial charge in [-0.15, -0.1) is 0 Å². The first-order valence-electron chi connectivity index (χ1n) is 6.51. The normalized spacial score (nSPS) is 10.5. The third-order valence-corrected chi connectivity index (χ3v) is 3.98. The first-order valence-corrected chi connectivity index (χ1v) is 7.68. The Morgan fingerprint density at radius 2 is 1.82 bits per heavy atom. The van der Waals surface area contributed by atoms with Gasteiger partial charge in [-0.2, -0.15) is 5.10 Å². The van der Waals surface area contributed by atoms with Crippen molar-refractivity contribution in [2.75, 3.05) is 5.32 Å². The molecule has 0 atom stereocenters. The molecule has 1 N–H and O–H groups in total. The van der Waals surface area contributed by atoms with Crippen LogP contribution in [0.15, 0.2) is 65.3 Å². The minimum Gasteiger partial charge on any atom is -0.305 e. The van der Waals surface area contributed by atoms with E-state index in [0.29, 0.717) is 16.4 Å². The van der Waals surface area contributed by atoms with Crippen LogP contribution in [0.4, 0.5) is 5.82 Å². The number of rotatable bonds is 3. The SMILES string of the molecule is O=C(Nc1ccn(-c2ccc(Cl)cc2)n1)c1ccccc1Br. The highest BCUT2D eigenvalue weighted by atomic mass is 79.9. The summed E-state index contributed by atoms with van der Waals surface area (Å²) >= 11 is 9.22. The molecule has 4 nitrogen and oxygen atoms in total. The molecule has 22 heavy (non-hydrogen) atoms. The fraction of sp³-hybridized carbons (Fsp3) is 0. The van der Waals surface area contributed by atoms with Crippen molar-refractivity contribution in [1.29, 1.82) is 0 Å². The average Bonchev–Trinajstić information content (AvgIpc) is 2.97. The van der Waals surface area contributed by atoms with Crippen molar-refractivity contribution in [3.8, 4) is 5.69 Å². The highest BCUT2D eigenvalue weighted by Gasteiger charge is 2.11. The molecule has 0 saturated heterocycles. The molecule has 0 aliphatic carbocycles. The summed E-state index contributed by atoms with van der Waals surface area (Å²) in [5, 5.41) is 7.77. The molecule has 0 saturated carbocycles. The van der Waals surface area contributed by atoms with Gasteiger partial charge in [0.15, 0.2) is 5.82 Å². The first-order chi connectivity index (χ1) is 10.6. The minimum atomic E-state index is -0.214. The summed E-state index contributed by atoms with van der Waals surface area (Å²) in [6.07, 6.45) is 1.78. The summed E-state index contributed by atoms with van der Waals surface area (Å²) in [5.41, 5.74) is 1.43. The molecule has 0 aliphatic rings. The number of benzene rings is 2. The van der Waals surface area contributed by atoms with E-state index in [9.17, 15) is 4.79 Å². The molecule has 0 aliphatic heterocycles. The summed E-state index contributed by atoms with van der Waals surface area (Å²) in [4.78, 5) is 12.2. The molecule has 0 spiro atoms. The number of nitrogens with zero attached hydrogens (tertiary/aromatic N) is 2. The van der Waals surface area contributed by atoms with Crippen LogP contribution in [-0.4, -0.2) is 15.7 Å². The molecule has 1 amide bonds. The van der Waals surface area contributed by atoms with Gasteiger partial charge in [0.25, 0.3) is 5.91 Å². The van der Waals surface area contributed by atoms with Crippen molar-refractivity contribution in [2.24, 2.45) is 0 Å². The van der Waals surface area contributed by atoms with Gasteiger partial charge in [-0.1, -0.05) is 23.7 Å². The number of carbonyl (C=O) groups is 1. The molecule has 1 heterocycles. The molecule has 0 bridgehead atoms. The summed E-state index contributed by atoms with van der Waals surface area (Å²) in [6.45, 7) is 0. The molecule has 3 rings (SSSR count). The predicted molar refractivity (Wildman–Crippen MR) is 90.7 cm³/mol. The highest BCUT2D eigenvalue weighted by molar-refractivity contribution is 9.10. The van der Waals surface area contributed by atoms with Crippen LogP contribution in [0.3, 0.4) is 0 Å². The van der Waals surface area contributed by atoms with Crippen molar-refractivity contribution in [3.05, 3.63) is 75.9 Å². The Morgan fingerprint density at radius 1 is 1.09 bits per heavy atom. The third-order valence-electron chi connectivity index (χ3n) is 3.04. The van der Waals surface area contributed by atoms with Gasteiger partial charge < -0.3 is 5.32 Å². The Balaban J connectivity index is 1.78. The smallest absolute Gasteiger partial charge is 0.258 e.